The maximum atomic E-state index is 12.5. The lowest BCUT2D eigenvalue weighted by molar-refractivity contribution is 0.306. The monoisotopic (exact) mass is 421 g/mol. The Morgan fingerprint density at radius 1 is 0.933 bits per heavy atom. The molecular weight excluding hydrogens is 398 g/mol. The molecule has 1 aliphatic carbocycles. The van der Waals surface area contributed by atoms with Gasteiger partial charge in [-0.15, -0.1) is 0 Å². The van der Waals surface area contributed by atoms with E-state index < -0.39 is 10.1 Å². The van der Waals surface area contributed by atoms with Gasteiger partial charge in [0, 0.05) is 5.56 Å². The van der Waals surface area contributed by atoms with E-state index in [9.17, 15) is 8.42 Å². The number of nitrogens with zero attached hydrogens (tertiary/aromatic N) is 1. The van der Waals surface area contributed by atoms with Crippen LogP contribution in [0.4, 0.5) is 0 Å². The number of hydrogen-bond donors (Lipinski definition) is 0. The summed E-state index contributed by atoms with van der Waals surface area (Å²) in [7, 11) is -3.95. The van der Waals surface area contributed by atoms with Crippen molar-refractivity contribution in [3.05, 3.63) is 95.1 Å². The Bertz CT molecular complexity index is 1150. The van der Waals surface area contributed by atoms with Crippen LogP contribution in [0.5, 0.6) is 5.75 Å². The normalized spacial score (nSPS) is 14.9. The minimum absolute atomic E-state index is 0.0911. The van der Waals surface area contributed by atoms with E-state index in [1.807, 2.05) is 55.5 Å². The second kappa shape index (κ2) is 8.71. The van der Waals surface area contributed by atoms with Crippen molar-refractivity contribution in [3.63, 3.8) is 0 Å². The molecule has 0 N–H and O–H groups in total. The highest BCUT2D eigenvalue weighted by atomic mass is 32.2. The Morgan fingerprint density at radius 2 is 1.70 bits per heavy atom. The Balaban J connectivity index is 1.54. The zero-order valence-corrected chi connectivity index (χ0v) is 17.6. The zero-order chi connectivity index (χ0) is 21.0. The van der Waals surface area contributed by atoms with Crippen molar-refractivity contribution < 1.29 is 17.4 Å². The van der Waals surface area contributed by atoms with Crippen LogP contribution in [-0.4, -0.2) is 14.1 Å². The van der Waals surface area contributed by atoms with Crippen LogP contribution in [0.2, 0.25) is 0 Å². The molecule has 0 aliphatic heterocycles. The van der Waals surface area contributed by atoms with E-state index in [2.05, 4.69) is 5.16 Å². The van der Waals surface area contributed by atoms with Gasteiger partial charge in [-0.1, -0.05) is 59.3 Å². The third kappa shape index (κ3) is 4.71. The van der Waals surface area contributed by atoms with E-state index in [1.165, 1.54) is 12.1 Å². The SMILES string of the molecule is Cc1ccc(S(=O)(=O)O/N=C2/CCCc3ccc(OCc4ccccc4)cc32)cc1. The van der Waals surface area contributed by atoms with E-state index in [0.29, 0.717) is 24.5 Å². The molecule has 0 spiro atoms. The first-order chi connectivity index (χ1) is 14.5. The van der Waals surface area contributed by atoms with Gasteiger partial charge in [0.1, 0.15) is 17.3 Å². The summed E-state index contributed by atoms with van der Waals surface area (Å²) >= 11 is 0. The Kier molecular flexibility index (Phi) is 5.86. The molecular formula is C24H23NO4S. The van der Waals surface area contributed by atoms with Crippen LogP contribution in [0, 0.1) is 6.92 Å². The summed E-state index contributed by atoms with van der Waals surface area (Å²) in [5, 5.41) is 4.03. The Labute approximate surface area is 177 Å². The molecule has 0 atom stereocenters. The molecule has 154 valence electrons. The van der Waals surface area contributed by atoms with Crippen molar-refractivity contribution in [1.82, 2.24) is 0 Å². The Hall–Kier alpha value is -3.12. The average Bonchev–Trinajstić information content (AvgIpc) is 2.77. The summed E-state index contributed by atoms with van der Waals surface area (Å²) < 4.78 is 35.9. The van der Waals surface area contributed by atoms with E-state index >= 15 is 0 Å². The van der Waals surface area contributed by atoms with E-state index in [4.69, 9.17) is 9.02 Å². The van der Waals surface area contributed by atoms with Gasteiger partial charge in [0.25, 0.3) is 0 Å². The molecule has 0 radical (unpaired) electrons. The van der Waals surface area contributed by atoms with Crippen molar-refractivity contribution in [3.8, 4) is 5.75 Å². The number of oxime groups is 1. The summed E-state index contributed by atoms with van der Waals surface area (Å²) in [6, 6.07) is 22.3. The zero-order valence-electron chi connectivity index (χ0n) is 16.7. The first-order valence-electron chi connectivity index (χ1n) is 9.88. The lowest BCUT2D eigenvalue weighted by Gasteiger charge is -2.18. The van der Waals surface area contributed by atoms with Gasteiger partial charge in [0.2, 0.25) is 0 Å². The van der Waals surface area contributed by atoms with Gasteiger partial charge in [0.05, 0.1) is 5.71 Å². The highest BCUT2D eigenvalue weighted by Gasteiger charge is 2.20. The molecule has 4 rings (SSSR count). The first-order valence-corrected chi connectivity index (χ1v) is 11.3. The van der Waals surface area contributed by atoms with Gasteiger partial charge in [-0.05, 0) is 61.6 Å². The predicted octanol–water partition coefficient (Wildman–Crippen LogP) is 5.02. The fraction of sp³-hybridized carbons (Fsp3) is 0.208. The van der Waals surface area contributed by atoms with E-state index in [1.54, 1.807) is 12.1 Å². The van der Waals surface area contributed by atoms with Crippen LogP contribution < -0.4 is 4.74 Å². The predicted molar refractivity (Wildman–Crippen MR) is 116 cm³/mol. The molecule has 0 fully saturated rings. The molecule has 30 heavy (non-hydrogen) atoms. The maximum absolute atomic E-state index is 12.5. The maximum Gasteiger partial charge on any atom is 0.358 e. The highest BCUT2D eigenvalue weighted by Crippen LogP contribution is 2.27. The minimum atomic E-state index is -3.95. The largest absolute Gasteiger partial charge is 0.489 e. The number of ether oxygens (including phenoxy) is 1. The summed E-state index contributed by atoms with van der Waals surface area (Å²) in [6.07, 6.45) is 2.46. The number of benzene rings is 3. The van der Waals surface area contributed by atoms with Crippen LogP contribution in [0.1, 0.15) is 35.1 Å². The van der Waals surface area contributed by atoms with Gasteiger partial charge >= 0.3 is 10.1 Å². The summed E-state index contributed by atoms with van der Waals surface area (Å²) in [5.74, 6) is 0.716. The summed E-state index contributed by atoms with van der Waals surface area (Å²) in [6.45, 7) is 2.36. The van der Waals surface area contributed by atoms with Crippen LogP contribution in [-0.2, 0) is 27.4 Å². The van der Waals surface area contributed by atoms with Crippen LogP contribution >= 0.6 is 0 Å². The molecule has 3 aromatic rings. The van der Waals surface area contributed by atoms with E-state index in [-0.39, 0.29) is 4.90 Å². The summed E-state index contributed by atoms with van der Waals surface area (Å²) in [4.78, 5) is 0.0911. The van der Waals surface area contributed by atoms with Gasteiger partial charge in [-0.2, -0.15) is 8.42 Å². The number of aryl methyl sites for hydroxylation is 2. The lowest BCUT2D eigenvalue weighted by atomic mass is 9.90. The highest BCUT2D eigenvalue weighted by molar-refractivity contribution is 7.86. The third-order valence-corrected chi connectivity index (χ3v) is 6.18. The lowest BCUT2D eigenvalue weighted by Crippen LogP contribution is -2.14. The van der Waals surface area contributed by atoms with Gasteiger partial charge in [0.15, 0.2) is 0 Å². The van der Waals surface area contributed by atoms with Crippen molar-refractivity contribution in [2.45, 2.75) is 37.7 Å². The first kappa shape index (κ1) is 20.2. The van der Waals surface area contributed by atoms with Crippen molar-refractivity contribution >= 4 is 15.8 Å². The second-order valence-corrected chi connectivity index (χ2v) is 8.86. The topological polar surface area (TPSA) is 65.0 Å². The molecule has 6 heteroatoms. The quantitative estimate of drug-likeness (QED) is 0.524. The standard InChI is InChI=1S/C24H23NO4S/c1-18-10-14-22(15-11-18)30(26,27)29-25-24-9-5-8-20-12-13-21(16-23(20)24)28-17-19-6-3-2-4-7-19/h2-4,6-7,10-16H,5,8-9,17H2,1H3/b25-24-. The van der Waals surface area contributed by atoms with Crippen molar-refractivity contribution in [2.24, 2.45) is 5.16 Å². The molecule has 3 aromatic carbocycles. The third-order valence-electron chi connectivity index (χ3n) is 5.06. The van der Waals surface area contributed by atoms with Gasteiger partial charge < -0.3 is 4.74 Å². The molecule has 0 saturated carbocycles. The molecule has 0 unspecified atom stereocenters. The van der Waals surface area contributed by atoms with Crippen molar-refractivity contribution in [1.29, 1.82) is 0 Å². The second-order valence-electron chi connectivity index (χ2n) is 7.33. The average molecular weight is 422 g/mol. The fourth-order valence-electron chi connectivity index (χ4n) is 3.39. The summed E-state index contributed by atoms with van der Waals surface area (Å²) in [5.41, 5.74) is 4.67. The van der Waals surface area contributed by atoms with Crippen LogP contribution in [0.3, 0.4) is 0 Å². The van der Waals surface area contributed by atoms with Gasteiger partial charge in [-0.25, -0.2) is 0 Å². The molecule has 5 nitrogen and oxygen atoms in total. The molecule has 0 aromatic heterocycles. The van der Waals surface area contributed by atoms with Crippen LogP contribution in [0.15, 0.2) is 82.8 Å². The molecule has 0 bridgehead atoms. The molecule has 1 aliphatic rings. The van der Waals surface area contributed by atoms with Crippen LogP contribution in [0.25, 0.3) is 0 Å². The number of hydrogen-bond acceptors (Lipinski definition) is 5. The fourth-order valence-corrected chi connectivity index (χ4v) is 4.13. The van der Waals surface area contributed by atoms with Crippen molar-refractivity contribution in [2.75, 3.05) is 0 Å². The minimum Gasteiger partial charge on any atom is -0.489 e. The smallest absolute Gasteiger partial charge is 0.358 e. The molecule has 0 heterocycles. The number of rotatable bonds is 6. The molecule has 0 amide bonds. The Morgan fingerprint density at radius 3 is 2.47 bits per heavy atom. The van der Waals surface area contributed by atoms with Gasteiger partial charge in [-0.3, -0.25) is 4.28 Å². The molecule has 0 saturated heterocycles. The van der Waals surface area contributed by atoms with E-state index in [0.717, 1.165) is 35.1 Å². The number of fused-ring (bicyclic) bond motifs is 1.